The maximum Gasteiger partial charge on any atom is 0.419 e. The summed E-state index contributed by atoms with van der Waals surface area (Å²) in [5.74, 6) is -1.12. The van der Waals surface area contributed by atoms with E-state index in [1.807, 2.05) is 4.90 Å². The van der Waals surface area contributed by atoms with Crippen molar-refractivity contribution in [1.29, 1.82) is 10.8 Å². The van der Waals surface area contributed by atoms with Crippen LogP contribution in [0.15, 0.2) is 30.3 Å². The summed E-state index contributed by atoms with van der Waals surface area (Å²) in [4.78, 5) is 15.9. The highest BCUT2D eigenvalue weighted by Gasteiger charge is 2.34. The molecule has 7 nitrogen and oxygen atoms in total. The Morgan fingerprint density at radius 1 is 1.14 bits per heavy atom. The molecular weight excluding hydrogens is 392 g/mol. The summed E-state index contributed by atoms with van der Waals surface area (Å²) in [7, 11) is 0. The molecule has 2 N–H and O–H groups in total. The molecule has 1 saturated heterocycles. The first kappa shape index (κ1) is 20.5. The van der Waals surface area contributed by atoms with Crippen molar-refractivity contribution >= 4 is 18.1 Å². The van der Waals surface area contributed by atoms with Crippen LogP contribution in [0.4, 0.5) is 23.4 Å². The topological polar surface area (TPSA) is 89.1 Å². The molecule has 2 heterocycles. The quantitative estimate of drug-likeness (QED) is 0.458. The molecule has 2 aromatic rings. The van der Waals surface area contributed by atoms with Crippen LogP contribution in [0.5, 0.6) is 0 Å². The number of carbonyl (C=O) groups excluding carboxylic acids is 1. The smallest absolute Gasteiger partial charge is 0.352 e. The minimum absolute atomic E-state index is 0.0707. The van der Waals surface area contributed by atoms with Crippen LogP contribution in [0.25, 0.3) is 0 Å². The lowest BCUT2D eigenvalue weighted by molar-refractivity contribution is -0.140. The zero-order valence-electron chi connectivity index (χ0n) is 15.2. The number of alkyl halides is 3. The van der Waals surface area contributed by atoms with Crippen LogP contribution in [0.1, 0.15) is 11.1 Å². The molecule has 0 bridgehead atoms. The summed E-state index contributed by atoms with van der Waals surface area (Å²) in [5, 5.41) is 19.0. The number of carbonyl (C=O) groups is 1. The number of hydrogen-bond acceptors (Lipinski definition) is 5. The van der Waals surface area contributed by atoms with E-state index < -0.39 is 17.6 Å². The molecule has 0 radical (unpaired) electrons. The number of aromatic nitrogens is 2. The average molecular weight is 410 g/mol. The maximum absolute atomic E-state index is 13.7. The van der Waals surface area contributed by atoms with Gasteiger partial charge in [0.1, 0.15) is 23.5 Å². The first-order valence-electron chi connectivity index (χ1n) is 8.72. The summed E-state index contributed by atoms with van der Waals surface area (Å²) >= 11 is 0. The Labute approximate surface area is 163 Å². The zero-order valence-corrected chi connectivity index (χ0v) is 15.2. The lowest BCUT2D eigenvalue weighted by Crippen LogP contribution is -2.49. The Kier molecular flexibility index (Phi) is 5.66. The van der Waals surface area contributed by atoms with Crippen molar-refractivity contribution in [2.24, 2.45) is 0 Å². The van der Waals surface area contributed by atoms with Gasteiger partial charge in [-0.2, -0.15) is 13.2 Å². The van der Waals surface area contributed by atoms with E-state index in [1.54, 1.807) is 11.0 Å². The fraction of sp³-hybridized carbons (Fsp3) is 0.333. The third-order valence-electron chi connectivity index (χ3n) is 4.62. The highest BCUT2D eigenvalue weighted by molar-refractivity contribution is 5.79. The fourth-order valence-corrected chi connectivity index (χ4v) is 3.06. The minimum Gasteiger partial charge on any atom is -0.352 e. The first-order chi connectivity index (χ1) is 13.7. The molecule has 0 spiro atoms. The van der Waals surface area contributed by atoms with Crippen LogP contribution in [0.3, 0.4) is 0 Å². The molecule has 1 aromatic carbocycles. The highest BCUT2D eigenvalue weighted by atomic mass is 19.4. The van der Waals surface area contributed by atoms with Gasteiger partial charge in [-0.25, -0.2) is 9.07 Å². The van der Waals surface area contributed by atoms with Gasteiger partial charge in [-0.05, 0) is 29.8 Å². The number of amides is 1. The van der Waals surface area contributed by atoms with E-state index in [2.05, 4.69) is 5.10 Å². The molecule has 154 valence electrons. The number of nitrogens with zero attached hydrogens (tertiary/aromatic N) is 4. The van der Waals surface area contributed by atoms with Crippen LogP contribution in [0.2, 0.25) is 0 Å². The number of benzene rings is 1. The number of hydrogen-bond donors (Lipinski definition) is 2. The maximum atomic E-state index is 13.7. The van der Waals surface area contributed by atoms with Gasteiger partial charge in [0.25, 0.3) is 0 Å². The summed E-state index contributed by atoms with van der Waals surface area (Å²) in [6, 6.07) is 5.69. The molecule has 1 aromatic heterocycles. The second kappa shape index (κ2) is 8.02. The Bertz CT molecular complexity index is 979. The van der Waals surface area contributed by atoms with Crippen molar-refractivity contribution in [3.63, 3.8) is 0 Å². The van der Waals surface area contributed by atoms with Crippen LogP contribution in [-0.2, 0) is 17.4 Å². The van der Waals surface area contributed by atoms with Gasteiger partial charge in [-0.3, -0.25) is 15.6 Å². The van der Waals surface area contributed by atoms with Crippen molar-refractivity contribution in [3.05, 3.63) is 52.8 Å². The Hall–Kier alpha value is -3.24. The van der Waals surface area contributed by atoms with Gasteiger partial charge in [0.15, 0.2) is 0 Å². The lowest BCUT2D eigenvalue weighted by atomic mass is 10.1. The van der Waals surface area contributed by atoms with Crippen molar-refractivity contribution in [3.8, 4) is 0 Å². The van der Waals surface area contributed by atoms with Crippen LogP contribution in [0, 0.1) is 16.6 Å². The minimum atomic E-state index is -4.77. The Balaban J connectivity index is 1.61. The van der Waals surface area contributed by atoms with Gasteiger partial charge in [0.2, 0.25) is 5.91 Å². The van der Waals surface area contributed by atoms with Crippen molar-refractivity contribution in [2.75, 3.05) is 31.1 Å². The summed E-state index contributed by atoms with van der Waals surface area (Å²) in [6.07, 6.45) is -4.03. The normalized spacial score (nSPS) is 14.8. The van der Waals surface area contributed by atoms with Crippen LogP contribution >= 0.6 is 0 Å². The molecule has 11 heteroatoms. The monoisotopic (exact) mass is 410 g/mol. The van der Waals surface area contributed by atoms with E-state index >= 15 is 0 Å². The third kappa shape index (κ3) is 4.61. The van der Waals surface area contributed by atoms with Gasteiger partial charge in [0, 0.05) is 26.2 Å². The SMILES string of the molecule is N=Cn1nc(N2CCN(C(=O)Cc3ccc(C(F)(F)F)c(F)c3)CC2)ccc1=N. The fourth-order valence-electron chi connectivity index (χ4n) is 3.06. The summed E-state index contributed by atoms with van der Waals surface area (Å²) in [6.45, 7) is 1.68. The van der Waals surface area contributed by atoms with Gasteiger partial charge in [-0.1, -0.05) is 6.07 Å². The van der Waals surface area contributed by atoms with E-state index in [1.165, 1.54) is 6.07 Å². The Morgan fingerprint density at radius 3 is 2.41 bits per heavy atom. The molecular formula is C18H18F4N6O. The number of nitrogens with one attached hydrogen (secondary N) is 2. The average Bonchev–Trinajstić information content (AvgIpc) is 2.67. The number of rotatable bonds is 4. The van der Waals surface area contributed by atoms with E-state index in [0.29, 0.717) is 38.1 Å². The van der Waals surface area contributed by atoms with E-state index in [0.717, 1.165) is 23.2 Å². The molecule has 0 saturated carbocycles. The Morgan fingerprint density at radius 2 is 1.83 bits per heavy atom. The first-order valence-corrected chi connectivity index (χ1v) is 8.72. The van der Waals surface area contributed by atoms with Gasteiger partial charge in [0.05, 0.1) is 12.0 Å². The molecule has 0 atom stereocenters. The van der Waals surface area contributed by atoms with Crippen LogP contribution in [-0.4, -0.2) is 53.1 Å². The van der Waals surface area contributed by atoms with Crippen molar-refractivity contribution in [1.82, 2.24) is 14.7 Å². The van der Waals surface area contributed by atoms with E-state index in [9.17, 15) is 22.4 Å². The second-order valence-corrected chi connectivity index (χ2v) is 6.51. The third-order valence-corrected chi connectivity index (χ3v) is 4.62. The molecule has 3 rings (SSSR count). The summed E-state index contributed by atoms with van der Waals surface area (Å²) in [5.41, 5.74) is -1.10. The lowest BCUT2D eigenvalue weighted by Gasteiger charge is -2.35. The number of piperazine rings is 1. The molecule has 29 heavy (non-hydrogen) atoms. The van der Waals surface area contributed by atoms with Gasteiger partial charge < -0.3 is 9.80 Å². The van der Waals surface area contributed by atoms with Gasteiger partial charge in [-0.15, -0.1) is 5.10 Å². The molecule has 1 fully saturated rings. The number of halogens is 4. The molecule has 0 unspecified atom stereocenters. The molecule has 0 aliphatic carbocycles. The van der Waals surface area contributed by atoms with Crippen LogP contribution < -0.4 is 10.4 Å². The second-order valence-electron chi connectivity index (χ2n) is 6.51. The van der Waals surface area contributed by atoms with Gasteiger partial charge >= 0.3 is 6.18 Å². The zero-order chi connectivity index (χ0) is 21.2. The van der Waals surface area contributed by atoms with Crippen molar-refractivity contribution in [2.45, 2.75) is 12.6 Å². The predicted octanol–water partition coefficient (Wildman–Crippen LogP) is 1.87. The van der Waals surface area contributed by atoms with Crippen molar-refractivity contribution < 1.29 is 22.4 Å². The van der Waals surface area contributed by atoms with E-state index in [-0.39, 0.29) is 23.4 Å². The summed E-state index contributed by atoms with van der Waals surface area (Å²) < 4.78 is 52.7. The largest absolute Gasteiger partial charge is 0.419 e. The standard InChI is InChI=1S/C18H18F4N6O/c19-14-9-12(1-2-13(14)18(20,21)22)10-17(29)27-7-5-26(6-8-27)16-4-3-15(24)28(11-23)25-16/h1-4,9,11,23-24H,5-8,10H2. The molecule has 1 aliphatic heterocycles. The number of anilines is 1. The molecule has 1 aliphatic rings. The highest BCUT2D eigenvalue weighted by Crippen LogP contribution is 2.31. The predicted molar refractivity (Wildman–Crippen MR) is 96.2 cm³/mol. The van der Waals surface area contributed by atoms with E-state index in [4.69, 9.17) is 10.8 Å². The molecule has 1 amide bonds.